The van der Waals surface area contributed by atoms with E-state index in [0.29, 0.717) is 11.3 Å². The second-order valence-corrected chi connectivity index (χ2v) is 3.66. The Balaban J connectivity index is 2.39. The van der Waals surface area contributed by atoms with Crippen LogP contribution >= 0.6 is 0 Å². The summed E-state index contributed by atoms with van der Waals surface area (Å²) in [5.41, 5.74) is 2.05. The van der Waals surface area contributed by atoms with Crippen molar-refractivity contribution in [1.82, 2.24) is 9.61 Å². The number of ketones is 1. The minimum atomic E-state index is -0.0118. The highest BCUT2D eigenvalue weighted by atomic mass is 16.7. The maximum Gasteiger partial charge on any atom is 0.163 e. The van der Waals surface area contributed by atoms with Crippen molar-refractivity contribution in [2.24, 2.45) is 0 Å². The lowest BCUT2D eigenvalue weighted by Gasteiger charge is -2.00. The quantitative estimate of drug-likeness (QED) is 0.448. The van der Waals surface area contributed by atoms with Crippen molar-refractivity contribution in [3.8, 4) is 0 Å². The number of hydrogen-bond donors (Lipinski definition) is 0. The van der Waals surface area contributed by atoms with Crippen LogP contribution in [0, 0.1) is 0 Å². The predicted octanol–water partition coefficient (Wildman–Crippen LogP) is 1.66. The summed E-state index contributed by atoms with van der Waals surface area (Å²) in [4.78, 5) is 11.6. The standard InChI is InChI=1S/C12H14N2O3/c1-9(15)12-10(7-17-8-16-2)13-14-6-4-3-5-11(12)14/h3-6H,7-8H2,1-2H3. The van der Waals surface area contributed by atoms with Crippen LogP contribution in [-0.4, -0.2) is 29.3 Å². The summed E-state index contributed by atoms with van der Waals surface area (Å²) in [6.07, 6.45) is 1.81. The Kier molecular flexibility index (Phi) is 3.51. The van der Waals surface area contributed by atoms with E-state index in [-0.39, 0.29) is 19.2 Å². The van der Waals surface area contributed by atoms with Crippen LogP contribution in [0.15, 0.2) is 24.4 Å². The molecule has 0 spiro atoms. The van der Waals surface area contributed by atoms with Crippen LogP contribution in [-0.2, 0) is 16.1 Å². The maximum absolute atomic E-state index is 11.6. The molecule has 0 amide bonds. The van der Waals surface area contributed by atoms with Crippen LogP contribution in [0.25, 0.3) is 5.52 Å². The smallest absolute Gasteiger partial charge is 0.163 e. The van der Waals surface area contributed by atoms with E-state index in [1.54, 1.807) is 11.6 Å². The normalized spacial score (nSPS) is 10.9. The number of methoxy groups -OCH3 is 1. The van der Waals surface area contributed by atoms with Gasteiger partial charge in [0.15, 0.2) is 5.78 Å². The summed E-state index contributed by atoms with van der Waals surface area (Å²) in [6.45, 7) is 1.99. The van der Waals surface area contributed by atoms with Gasteiger partial charge in [0.25, 0.3) is 0 Å². The average molecular weight is 234 g/mol. The minimum Gasteiger partial charge on any atom is -0.359 e. The highest BCUT2D eigenvalue weighted by molar-refractivity contribution is 6.01. The number of hydrogen-bond acceptors (Lipinski definition) is 4. The third-order valence-corrected chi connectivity index (χ3v) is 2.40. The summed E-state index contributed by atoms with van der Waals surface area (Å²) >= 11 is 0. The molecule has 0 unspecified atom stereocenters. The molecule has 2 aromatic rings. The van der Waals surface area contributed by atoms with Gasteiger partial charge in [0.1, 0.15) is 12.5 Å². The third kappa shape index (κ3) is 2.35. The first kappa shape index (κ1) is 11.8. The van der Waals surface area contributed by atoms with Crippen LogP contribution < -0.4 is 0 Å². The average Bonchev–Trinajstić information content (AvgIpc) is 2.67. The molecule has 0 N–H and O–H groups in total. The van der Waals surface area contributed by atoms with Crippen molar-refractivity contribution in [1.29, 1.82) is 0 Å². The highest BCUT2D eigenvalue weighted by Gasteiger charge is 2.15. The molecule has 0 aliphatic heterocycles. The molecule has 0 saturated carbocycles. The third-order valence-electron chi connectivity index (χ3n) is 2.40. The lowest BCUT2D eigenvalue weighted by Crippen LogP contribution is -2.02. The van der Waals surface area contributed by atoms with E-state index in [9.17, 15) is 4.79 Å². The molecule has 0 bridgehead atoms. The summed E-state index contributed by atoms with van der Waals surface area (Å²) in [6, 6.07) is 5.61. The van der Waals surface area contributed by atoms with Crippen molar-refractivity contribution in [2.45, 2.75) is 13.5 Å². The van der Waals surface area contributed by atoms with E-state index in [0.717, 1.165) is 5.52 Å². The molecular formula is C12H14N2O3. The second-order valence-electron chi connectivity index (χ2n) is 3.66. The first-order valence-electron chi connectivity index (χ1n) is 5.28. The fourth-order valence-electron chi connectivity index (χ4n) is 1.75. The number of aromatic nitrogens is 2. The van der Waals surface area contributed by atoms with E-state index in [1.807, 2.05) is 24.4 Å². The van der Waals surface area contributed by atoms with Gasteiger partial charge in [-0.25, -0.2) is 4.52 Å². The van der Waals surface area contributed by atoms with E-state index < -0.39 is 0 Å². The topological polar surface area (TPSA) is 52.8 Å². The number of pyridine rings is 1. The monoisotopic (exact) mass is 234 g/mol. The number of carbonyl (C=O) groups is 1. The molecule has 0 aliphatic rings. The summed E-state index contributed by atoms with van der Waals surface area (Å²) in [5, 5.41) is 4.32. The van der Waals surface area contributed by atoms with Gasteiger partial charge >= 0.3 is 0 Å². The van der Waals surface area contributed by atoms with Gasteiger partial charge in [-0.15, -0.1) is 0 Å². The Morgan fingerprint density at radius 1 is 1.47 bits per heavy atom. The molecule has 2 heterocycles. The number of fused-ring (bicyclic) bond motifs is 1. The SMILES string of the molecule is COCOCc1nn2ccccc2c1C(C)=O. The predicted molar refractivity (Wildman–Crippen MR) is 61.9 cm³/mol. The molecule has 5 nitrogen and oxygen atoms in total. The first-order chi connectivity index (χ1) is 8.24. The molecule has 0 atom stereocenters. The molecule has 0 aromatic carbocycles. The molecule has 90 valence electrons. The van der Waals surface area contributed by atoms with Gasteiger partial charge in [-0.1, -0.05) is 6.07 Å². The van der Waals surface area contributed by atoms with E-state index in [4.69, 9.17) is 9.47 Å². The van der Waals surface area contributed by atoms with E-state index >= 15 is 0 Å². The minimum absolute atomic E-state index is 0.0118. The first-order valence-corrected chi connectivity index (χ1v) is 5.28. The van der Waals surface area contributed by atoms with Gasteiger partial charge in [-0.05, 0) is 19.1 Å². The lowest BCUT2D eigenvalue weighted by atomic mass is 10.1. The zero-order chi connectivity index (χ0) is 12.3. The van der Waals surface area contributed by atoms with Crippen molar-refractivity contribution in [2.75, 3.05) is 13.9 Å². The Bertz CT molecular complexity index is 534. The molecule has 0 fully saturated rings. The molecular weight excluding hydrogens is 220 g/mol. The molecule has 2 aromatic heterocycles. The molecule has 0 saturated heterocycles. The van der Waals surface area contributed by atoms with Gasteiger partial charge in [0.05, 0.1) is 17.7 Å². The van der Waals surface area contributed by atoms with Crippen LogP contribution in [0.4, 0.5) is 0 Å². The molecule has 2 rings (SSSR count). The van der Waals surface area contributed by atoms with Crippen LogP contribution in [0.5, 0.6) is 0 Å². The largest absolute Gasteiger partial charge is 0.359 e. The lowest BCUT2D eigenvalue weighted by molar-refractivity contribution is -0.0402. The molecule has 0 aliphatic carbocycles. The van der Waals surface area contributed by atoms with Gasteiger partial charge in [-0.3, -0.25) is 4.79 Å². The van der Waals surface area contributed by atoms with Gasteiger partial charge in [0, 0.05) is 13.3 Å². The van der Waals surface area contributed by atoms with Gasteiger partial charge in [-0.2, -0.15) is 5.10 Å². The van der Waals surface area contributed by atoms with E-state index in [1.165, 1.54) is 6.92 Å². The van der Waals surface area contributed by atoms with Crippen LogP contribution in [0.3, 0.4) is 0 Å². The van der Waals surface area contributed by atoms with Gasteiger partial charge in [0.2, 0.25) is 0 Å². The summed E-state index contributed by atoms with van der Waals surface area (Å²) in [5.74, 6) is -0.0118. The molecule has 0 radical (unpaired) electrons. The Morgan fingerprint density at radius 2 is 2.29 bits per heavy atom. The maximum atomic E-state index is 11.6. The summed E-state index contributed by atoms with van der Waals surface area (Å²) in [7, 11) is 1.55. The van der Waals surface area contributed by atoms with E-state index in [2.05, 4.69) is 5.10 Å². The van der Waals surface area contributed by atoms with Crippen molar-refractivity contribution in [3.05, 3.63) is 35.7 Å². The van der Waals surface area contributed by atoms with Crippen molar-refractivity contribution in [3.63, 3.8) is 0 Å². The Hall–Kier alpha value is -1.72. The van der Waals surface area contributed by atoms with Crippen molar-refractivity contribution < 1.29 is 14.3 Å². The Labute approximate surface area is 99.0 Å². The fourth-order valence-corrected chi connectivity index (χ4v) is 1.75. The highest BCUT2D eigenvalue weighted by Crippen LogP contribution is 2.17. The fraction of sp³-hybridized carbons (Fsp3) is 0.333. The molecule has 5 heteroatoms. The van der Waals surface area contributed by atoms with Crippen LogP contribution in [0.1, 0.15) is 23.0 Å². The number of Topliss-reactive ketones (excluding diaryl/α,β-unsaturated/α-hetero) is 1. The molecule has 17 heavy (non-hydrogen) atoms. The second kappa shape index (κ2) is 5.07. The van der Waals surface area contributed by atoms with Gasteiger partial charge < -0.3 is 9.47 Å². The number of carbonyl (C=O) groups excluding carboxylic acids is 1. The number of rotatable bonds is 5. The van der Waals surface area contributed by atoms with Crippen LogP contribution in [0.2, 0.25) is 0 Å². The summed E-state index contributed by atoms with van der Waals surface area (Å²) < 4.78 is 11.7. The zero-order valence-corrected chi connectivity index (χ0v) is 9.84. The zero-order valence-electron chi connectivity index (χ0n) is 9.84. The number of nitrogens with zero attached hydrogens (tertiary/aromatic N) is 2. The number of ether oxygens (including phenoxy) is 2. The Morgan fingerprint density at radius 3 is 3.00 bits per heavy atom. The van der Waals surface area contributed by atoms with Crippen molar-refractivity contribution >= 4 is 11.3 Å².